The number of aromatic nitrogens is 2. The molecular formula is C15H12BrN3O. The van der Waals surface area contributed by atoms with Crippen LogP contribution in [0.3, 0.4) is 0 Å². The summed E-state index contributed by atoms with van der Waals surface area (Å²) in [5, 5.41) is 7.13. The summed E-state index contributed by atoms with van der Waals surface area (Å²) in [5.74, 6) is -0.209. The molecule has 3 aromatic rings. The van der Waals surface area contributed by atoms with Gasteiger partial charge in [0.15, 0.2) is 5.69 Å². The van der Waals surface area contributed by atoms with Gasteiger partial charge in [0, 0.05) is 16.4 Å². The number of fused-ring (bicyclic) bond motifs is 1. The lowest BCUT2D eigenvalue weighted by Crippen LogP contribution is -2.13. The molecule has 5 heteroatoms. The van der Waals surface area contributed by atoms with Crippen LogP contribution in [0.4, 0.5) is 5.69 Å². The van der Waals surface area contributed by atoms with Gasteiger partial charge in [0.25, 0.3) is 5.91 Å². The molecule has 0 aliphatic carbocycles. The van der Waals surface area contributed by atoms with E-state index in [-0.39, 0.29) is 5.91 Å². The van der Waals surface area contributed by atoms with E-state index in [9.17, 15) is 4.79 Å². The summed E-state index contributed by atoms with van der Waals surface area (Å²) >= 11 is 3.40. The van der Waals surface area contributed by atoms with Crippen LogP contribution in [0.5, 0.6) is 0 Å². The number of pyridine rings is 1. The van der Waals surface area contributed by atoms with Crippen LogP contribution >= 0.6 is 15.9 Å². The zero-order valence-corrected chi connectivity index (χ0v) is 12.4. The number of nitrogens with zero attached hydrogens (tertiary/aromatic N) is 2. The van der Waals surface area contributed by atoms with Crippen molar-refractivity contribution in [3.8, 4) is 0 Å². The molecule has 3 rings (SSSR count). The van der Waals surface area contributed by atoms with Crippen LogP contribution in [0.25, 0.3) is 5.52 Å². The van der Waals surface area contributed by atoms with Crippen LogP contribution in [0.1, 0.15) is 16.1 Å². The van der Waals surface area contributed by atoms with Crippen molar-refractivity contribution in [1.82, 2.24) is 9.61 Å². The number of anilines is 1. The lowest BCUT2D eigenvalue weighted by molar-refractivity contribution is 0.102. The van der Waals surface area contributed by atoms with Gasteiger partial charge < -0.3 is 5.32 Å². The number of hydrogen-bond acceptors (Lipinski definition) is 2. The number of hydrogen-bond donors (Lipinski definition) is 1. The van der Waals surface area contributed by atoms with Gasteiger partial charge in [-0.1, -0.05) is 22.0 Å². The second kappa shape index (κ2) is 5.09. The molecule has 0 aliphatic heterocycles. The third-order valence-corrected chi connectivity index (χ3v) is 3.53. The molecule has 4 nitrogen and oxygen atoms in total. The number of benzene rings is 1. The van der Waals surface area contributed by atoms with Gasteiger partial charge in [-0.2, -0.15) is 5.10 Å². The van der Waals surface area contributed by atoms with Crippen LogP contribution in [-0.4, -0.2) is 15.5 Å². The summed E-state index contributed by atoms with van der Waals surface area (Å²) in [5.41, 5.74) is 3.08. The average Bonchev–Trinajstić information content (AvgIpc) is 2.86. The second-order valence-electron chi connectivity index (χ2n) is 4.51. The molecule has 2 heterocycles. The Hall–Kier alpha value is -2.14. The standard InChI is InChI=1S/C15H12BrN3O/c1-10-8-11(16)5-6-13(10)17-15(20)14-9-12-4-2-3-7-19(12)18-14/h2-9H,1H3,(H,17,20). The summed E-state index contributed by atoms with van der Waals surface area (Å²) in [6, 6.07) is 13.2. The van der Waals surface area contributed by atoms with Crippen LogP contribution < -0.4 is 5.32 Å². The fraction of sp³-hybridized carbons (Fsp3) is 0.0667. The minimum Gasteiger partial charge on any atom is -0.320 e. The summed E-state index contributed by atoms with van der Waals surface area (Å²) < 4.78 is 2.67. The number of nitrogens with one attached hydrogen (secondary N) is 1. The van der Waals surface area contributed by atoms with E-state index >= 15 is 0 Å². The maximum absolute atomic E-state index is 12.2. The van der Waals surface area contributed by atoms with Crippen LogP contribution in [-0.2, 0) is 0 Å². The molecule has 0 saturated heterocycles. The molecule has 0 aliphatic rings. The van der Waals surface area contributed by atoms with Crippen molar-refractivity contribution in [3.05, 3.63) is 64.4 Å². The topological polar surface area (TPSA) is 46.4 Å². The van der Waals surface area contributed by atoms with Crippen molar-refractivity contribution >= 4 is 33.0 Å². The highest BCUT2D eigenvalue weighted by Gasteiger charge is 2.12. The predicted molar refractivity (Wildman–Crippen MR) is 82.0 cm³/mol. The van der Waals surface area contributed by atoms with E-state index < -0.39 is 0 Å². The molecule has 0 saturated carbocycles. The van der Waals surface area contributed by atoms with Crippen LogP contribution in [0.2, 0.25) is 0 Å². The van der Waals surface area contributed by atoms with Crippen molar-refractivity contribution in [2.75, 3.05) is 5.32 Å². The summed E-state index contributed by atoms with van der Waals surface area (Å²) in [6.07, 6.45) is 1.82. The van der Waals surface area contributed by atoms with E-state index in [1.165, 1.54) is 0 Å². The molecule has 1 aromatic carbocycles. The maximum atomic E-state index is 12.2. The molecule has 1 amide bonds. The molecular weight excluding hydrogens is 318 g/mol. The monoisotopic (exact) mass is 329 g/mol. The smallest absolute Gasteiger partial charge is 0.276 e. The Morgan fingerprint density at radius 2 is 2.10 bits per heavy atom. The molecule has 0 atom stereocenters. The Kier molecular flexibility index (Phi) is 3.28. The van der Waals surface area contributed by atoms with Gasteiger partial charge in [0.05, 0.1) is 5.52 Å². The van der Waals surface area contributed by atoms with Gasteiger partial charge in [0.1, 0.15) is 0 Å². The van der Waals surface area contributed by atoms with Gasteiger partial charge in [-0.25, -0.2) is 4.52 Å². The van der Waals surface area contributed by atoms with Crippen LogP contribution in [0, 0.1) is 6.92 Å². The van der Waals surface area contributed by atoms with Gasteiger partial charge >= 0.3 is 0 Å². The summed E-state index contributed by atoms with van der Waals surface area (Å²) in [6.45, 7) is 1.95. The van der Waals surface area contributed by atoms with E-state index in [1.54, 1.807) is 10.6 Å². The molecule has 0 fully saturated rings. The number of amides is 1. The minimum absolute atomic E-state index is 0.209. The molecule has 100 valence electrons. The van der Waals surface area contributed by atoms with Gasteiger partial charge in [-0.15, -0.1) is 0 Å². The number of halogens is 1. The van der Waals surface area contributed by atoms with Gasteiger partial charge in [-0.05, 0) is 48.9 Å². The zero-order chi connectivity index (χ0) is 14.1. The molecule has 2 aromatic heterocycles. The Bertz CT molecular complexity index is 762. The highest BCUT2D eigenvalue weighted by molar-refractivity contribution is 9.10. The average molecular weight is 330 g/mol. The lowest BCUT2D eigenvalue weighted by atomic mass is 10.2. The Morgan fingerprint density at radius 1 is 1.25 bits per heavy atom. The van der Waals surface area contributed by atoms with Gasteiger partial charge in [0.2, 0.25) is 0 Å². The van der Waals surface area contributed by atoms with Gasteiger partial charge in [-0.3, -0.25) is 4.79 Å². The van der Waals surface area contributed by atoms with Crippen molar-refractivity contribution in [3.63, 3.8) is 0 Å². The molecule has 1 N–H and O–H groups in total. The Morgan fingerprint density at radius 3 is 2.85 bits per heavy atom. The molecule has 0 radical (unpaired) electrons. The van der Waals surface area contributed by atoms with Crippen molar-refractivity contribution in [2.45, 2.75) is 6.92 Å². The highest BCUT2D eigenvalue weighted by Crippen LogP contribution is 2.20. The SMILES string of the molecule is Cc1cc(Br)ccc1NC(=O)c1cc2ccccn2n1. The zero-order valence-electron chi connectivity index (χ0n) is 10.8. The first kappa shape index (κ1) is 12.9. The summed E-state index contributed by atoms with van der Waals surface area (Å²) in [7, 11) is 0. The van der Waals surface area contributed by atoms with Crippen LogP contribution in [0.15, 0.2) is 53.1 Å². The second-order valence-corrected chi connectivity index (χ2v) is 5.43. The number of carbonyl (C=O) groups excluding carboxylic acids is 1. The van der Waals surface area contributed by atoms with E-state index in [0.29, 0.717) is 5.69 Å². The molecule has 0 spiro atoms. The quantitative estimate of drug-likeness (QED) is 0.779. The van der Waals surface area contributed by atoms with E-state index in [1.807, 2.05) is 49.5 Å². The number of rotatable bonds is 2. The van der Waals surface area contributed by atoms with E-state index in [4.69, 9.17) is 0 Å². The molecule has 0 bridgehead atoms. The first-order valence-electron chi connectivity index (χ1n) is 6.15. The predicted octanol–water partition coefficient (Wildman–Crippen LogP) is 3.66. The first-order valence-corrected chi connectivity index (χ1v) is 6.95. The van der Waals surface area contributed by atoms with E-state index in [2.05, 4.69) is 26.3 Å². The number of carbonyl (C=O) groups is 1. The maximum Gasteiger partial charge on any atom is 0.276 e. The van der Waals surface area contributed by atoms with Crippen molar-refractivity contribution in [2.24, 2.45) is 0 Å². The summed E-state index contributed by atoms with van der Waals surface area (Å²) in [4.78, 5) is 12.2. The Labute approximate surface area is 124 Å². The van der Waals surface area contributed by atoms with E-state index in [0.717, 1.165) is 21.2 Å². The molecule has 0 unspecified atom stereocenters. The third-order valence-electron chi connectivity index (χ3n) is 3.04. The van der Waals surface area contributed by atoms with Crippen molar-refractivity contribution in [1.29, 1.82) is 0 Å². The fourth-order valence-corrected chi connectivity index (χ4v) is 2.48. The Balaban J connectivity index is 1.89. The highest BCUT2D eigenvalue weighted by atomic mass is 79.9. The first-order chi connectivity index (χ1) is 9.63. The number of aryl methyl sites for hydroxylation is 1. The largest absolute Gasteiger partial charge is 0.320 e. The molecule has 20 heavy (non-hydrogen) atoms. The fourth-order valence-electron chi connectivity index (χ4n) is 2.00. The van der Waals surface area contributed by atoms with Crippen molar-refractivity contribution < 1.29 is 4.79 Å². The lowest BCUT2D eigenvalue weighted by Gasteiger charge is -2.07. The third kappa shape index (κ3) is 2.44. The normalized spacial score (nSPS) is 10.7. The minimum atomic E-state index is -0.209.